The van der Waals surface area contributed by atoms with Crippen LogP contribution >= 0.6 is 11.8 Å². The van der Waals surface area contributed by atoms with Crippen molar-refractivity contribution >= 4 is 17.7 Å². The second-order valence-corrected chi connectivity index (χ2v) is 5.38. The third-order valence-corrected chi connectivity index (χ3v) is 3.51. The van der Waals surface area contributed by atoms with E-state index in [4.69, 9.17) is 9.84 Å². The van der Waals surface area contributed by atoms with Crippen molar-refractivity contribution < 1.29 is 23.4 Å². The number of carbonyl (C=O) groups is 1. The Kier molecular flexibility index (Phi) is 8.96. The van der Waals surface area contributed by atoms with Gasteiger partial charge in [-0.15, -0.1) is 11.8 Å². The highest BCUT2D eigenvalue weighted by Crippen LogP contribution is 2.20. The van der Waals surface area contributed by atoms with Crippen LogP contribution in [0.4, 0.5) is 8.78 Å². The van der Waals surface area contributed by atoms with Crippen LogP contribution in [-0.2, 0) is 9.53 Å². The normalized spacial score (nSPS) is 10.6. The number of thioether (sulfide) groups is 1. The first-order valence-corrected chi connectivity index (χ1v) is 7.65. The van der Waals surface area contributed by atoms with Crippen molar-refractivity contribution in [2.45, 2.75) is 17.7 Å². The molecule has 2 N–H and O–H groups in total. The van der Waals surface area contributed by atoms with Gasteiger partial charge in [-0.05, 0) is 24.6 Å². The number of hydrogen-bond donors (Lipinski definition) is 2. The van der Waals surface area contributed by atoms with Gasteiger partial charge >= 0.3 is 0 Å². The van der Waals surface area contributed by atoms with Crippen LogP contribution in [0, 0.1) is 11.6 Å². The molecule has 0 fully saturated rings. The van der Waals surface area contributed by atoms with Crippen molar-refractivity contribution in [3.8, 4) is 0 Å². The summed E-state index contributed by atoms with van der Waals surface area (Å²) < 4.78 is 30.7. The van der Waals surface area contributed by atoms with Crippen molar-refractivity contribution in [3.63, 3.8) is 0 Å². The van der Waals surface area contributed by atoms with Gasteiger partial charge in [-0.3, -0.25) is 4.79 Å². The molecule has 0 atom stereocenters. The van der Waals surface area contributed by atoms with Crippen molar-refractivity contribution in [2.75, 3.05) is 32.1 Å². The van der Waals surface area contributed by atoms with Gasteiger partial charge in [0.15, 0.2) is 11.6 Å². The van der Waals surface area contributed by atoms with Crippen LogP contribution in [0.2, 0.25) is 0 Å². The Bertz CT molecular complexity index is 446. The molecule has 1 aromatic carbocycles. The lowest BCUT2D eigenvalue weighted by atomic mass is 10.3. The Hall–Kier alpha value is -1.18. The monoisotopic (exact) mass is 319 g/mol. The summed E-state index contributed by atoms with van der Waals surface area (Å²) in [5.41, 5.74) is 0. The molecule has 7 heteroatoms. The molecular weight excluding hydrogens is 300 g/mol. The number of benzene rings is 1. The number of aliphatic hydroxyl groups is 1. The van der Waals surface area contributed by atoms with E-state index in [-0.39, 0.29) is 12.5 Å². The predicted molar refractivity (Wildman–Crippen MR) is 77.2 cm³/mol. The van der Waals surface area contributed by atoms with Crippen LogP contribution in [0.3, 0.4) is 0 Å². The Balaban J connectivity index is 2.09. The van der Waals surface area contributed by atoms with E-state index in [1.807, 2.05) is 0 Å². The fourth-order valence-corrected chi connectivity index (χ4v) is 2.36. The van der Waals surface area contributed by atoms with Crippen LogP contribution in [0.25, 0.3) is 0 Å². The summed E-state index contributed by atoms with van der Waals surface area (Å²) in [5, 5.41) is 11.2. The Morgan fingerprint density at radius 2 is 2.10 bits per heavy atom. The van der Waals surface area contributed by atoms with Gasteiger partial charge in [-0.2, -0.15) is 0 Å². The first-order valence-electron chi connectivity index (χ1n) is 6.66. The molecule has 0 saturated carbocycles. The van der Waals surface area contributed by atoms with E-state index in [0.29, 0.717) is 43.2 Å². The van der Waals surface area contributed by atoms with Crippen LogP contribution in [-0.4, -0.2) is 43.1 Å². The van der Waals surface area contributed by atoms with Gasteiger partial charge in [0.05, 0.1) is 13.2 Å². The highest BCUT2D eigenvalue weighted by molar-refractivity contribution is 7.99. The molecule has 0 spiro atoms. The molecule has 1 amide bonds. The molecule has 21 heavy (non-hydrogen) atoms. The van der Waals surface area contributed by atoms with Crippen LogP contribution in [0.15, 0.2) is 23.1 Å². The summed E-state index contributed by atoms with van der Waals surface area (Å²) in [6.45, 7) is 1.30. The number of aliphatic hydroxyl groups excluding tert-OH is 1. The smallest absolute Gasteiger partial charge is 0.220 e. The summed E-state index contributed by atoms with van der Waals surface area (Å²) in [6.07, 6.45) is 0.989. The fourth-order valence-electron chi connectivity index (χ4n) is 1.49. The molecule has 0 aliphatic heterocycles. The second kappa shape index (κ2) is 10.5. The Morgan fingerprint density at radius 3 is 2.81 bits per heavy atom. The number of ether oxygens (including phenoxy) is 1. The average Bonchev–Trinajstić information content (AvgIpc) is 2.46. The molecule has 1 rings (SSSR count). The summed E-state index contributed by atoms with van der Waals surface area (Å²) in [6, 6.07) is 3.68. The molecule has 0 aliphatic rings. The maximum absolute atomic E-state index is 13.0. The van der Waals surface area contributed by atoms with Gasteiger partial charge in [0.1, 0.15) is 0 Å². The molecule has 0 heterocycles. The van der Waals surface area contributed by atoms with Crippen molar-refractivity contribution in [1.82, 2.24) is 5.32 Å². The van der Waals surface area contributed by atoms with E-state index in [1.54, 1.807) is 0 Å². The number of amides is 1. The largest absolute Gasteiger partial charge is 0.394 e. The zero-order chi connectivity index (χ0) is 15.5. The molecule has 1 aromatic rings. The van der Waals surface area contributed by atoms with Crippen molar-refractivity contribution in [1.29, 1.82) is 0 Å². The maximum Gasteiger partial charge on any atom is 0.220 e. The van der Waals surface area contributed by atoms with Crippen LogP contribution in [0.1, 0.15) is 12.8 Å². The zero-order valence-corrected chi connectivity index (χ0v) is 12.4. The molecule has 0 bridgehead atoms. The summed E-state index contributed by atoms with van der Waals surface area (Å²) >= 11 is 1.30. The van der Waals surface area contributed by atoms with E-state index in [2.05, 4.69) is 5.32 Å². The van der Waals surface area contributed by atoms with E-state index in [0.717, 1.165) is 12.1 Å². The van der Waals surface area contributed by atoms with Gasteiger partial charge in [-0.25, -0.2) is 8.78 Å². The van der Waals surface area contributed by atoms with Crippen LogP contribution in [0.5, 0.6) is 0 Å². The molecular formula is C14H19F2NO3S. The number of nitrogens with one attached hydrogen (secondary N) is 1. The third kappa shape index (κ3) is 7.99. The molecule has 0 aliphatic carbocycles. The number of rotatable bonds is 10. The van der Waals surface area contributed by atoms with E-state index < -0.39 is 11.6 Å². The SMILES string of the molecule is O=C(CCSc1ccc(F)c(F)c1)NCCCOCCO. The standard InChI is InChI=1S/C14H19F2NO3S/c15-12-3-2-11(10-13(12)16)21-9-4-14(19)17-5-1-7-20-8-6-18/h2-3,10,18H,1,4-9H2,(H,17,19). The van der Waals surface area contributed by atoms with Gasteiger partial charge in [0.25, 0.3) is 0 Å². The quantitative estimate of drug-likeness (QED) is 0.511. The molecule has 4 nitrogen and oxygen atoms in total. The van der Waals surface area contributed by atoms with E-state index in [1.165, 1.54) is 17.8 Å². The minimum Gasteiger partial charge on any atom is -0.394 e. The van der Waals surface area contributed by atoms with Gasteiger partial charge in [0.2, 0.25) is 5.91 Å². The Labute approximate surface area is 126 Å². The highest BCUT2D eigenvalue weighted by atomic mass is 32.2. The average molecular weight is 319 g/mol. The van der Waals surface area contributed by atoms with E-state index >= 15 is 0 Å². The van der Waals surface area contributed by atoms with Gasteiger partial charge < -0.3 is 15.2 Å². The molecule has 0 saturated heterocycles. The number of halogens is 2. The minimum absolute atomic E-state index is 0.00639. The second-order valence-electron chi connectivity index (χ2n) is 4.21. The minimum atomic E-state index is -0.882. The number of carbonyl (C=O) groups excluding carboxylic acids is 1. The lowest BCUT2D eigenvalue weighted by Crippen LogP contribution is -2.25. The fraction of sp³-hybridized carbons (Fsp3) is 0.500. The summed E-state index contributed by atoms with van der Waals surface area (Å²) in [5.74, 6) is -1.35. The van der Waals surface area contributed by atoms with Gasteiger partial charge in [0, 0.05) is 30.2 Å². The maximum atomic E-state index is 13.0. The highest BCUT2D eigenvalue weighted by Gasteiger charge is 2.05. The van der Waals surface area contributed by atoms with Gasteiger partial charge in [-0.1, -0.05) is 0 Å². The molecule has 118 valence electrons. The summed E-state index contributed by atoms with van der Waals surface area (Å²) in [7, 11) is 0. The third-order valence-electron chi connectivity index (χ3n) is 2.51. The molecule has 0 radical (unpaired) electrons. The Morgan fingerprint density at radius 1 is 1.29 bits per heavy atom. The van der Waals surface area contributed by atoms with Crippen LogP contribution < -0.4 is 5.32 Å². The summed E-state index contributed by atoms with van der Waals surface area (Å²) in [4.78, 5) is 12.1. The lowest BCUT2D eigenvalue weighted by Gasteiger charge is -2.06. The molecule has 0 unspecified atom stereocenters. The first-order chi connectivity index (χ1) is 10.1. The lowest BCUT2D eigenvalue weighted by molar-refractivity contribution is -0.120. The first kappa shape index (κ1) is 17.9. The molecule has 0 aromatic heterocycles. The number of hydrogen-bond acceptors (Lipinski definition) is 4. The van der Waals surface area contributed by atoms with Crippen molar-refractivity contribution in [2.24, 2.45) is 0 Å². The zero-order valence-electron chi connectivity index (χ0n) is 11.6. The topological polar surface area (TPSA) is 58.6 Å². The predicted octanol–water partition coefficient (Wildman–Crippen LogP) is 1.96. The van der Waals surface area contributed by atoms with E-state index in [9.17, 15) is 13.6 Å². The van der Waals surface area contributed by atoms with Crippen molar-refractivity contribution in [3.05, 3.63) is 29.8 Å².